The number of amides is 2. The third kappa shape index (κ3) is 27.2. The Hall–Kier alpha value is -1.26. The molecule has 9 heteroatoms. The van der Waals surface area contributed by atoms with Gasteiger partial charge in [0.2, 0.25) is 11.8 Å². The lowest BCUT2D eigenvalue weighted by Gasteiger charge is -2.20. The summed E-state index contributed by atoms with van der Waals surface area (Å²) in [6.07, 6.45) is 5.14. The van der Waals surface area contributed by atoms with Crippen LogP contribution < -0.4 is 16.0 Å². The van der Waals surface area contributed by atoms with Crippen LogP contribution in [0.25, 0.3) is 0 Å². The SMILES string of the molecule is CCN(C)CCCCNC(=O)CCCC(=O)NCCCOCCOCCOCCCNC(C)(C)C. The van der Waals surface area contributed by atoms with Crippen LogP contribution in [-0.4, -0.2) is 102 Å². The Morgan fingerprint density at radius 2 is 1.17 bits per heavy atom. The maximum atomic E-state index is 11.9. The first-order chi connectivity index (χ1) is 16.7. The molecule has 0 aromatic carbocycles. The molecule has 0 spiro atoms. The van der Waals surface area contributed by atoms with Gasteiger partial charge in [-0.25, -0.2) is 0 Å². The second kappa shape index (κ2) is 23.2. The highest BCUT2D eigenvalue weighted by Gasteiger charge is 2.07. The van der Waals surface area contributed by atoms with E-state index >= 15 is 0 Å². The fourth-order valence-corrected chi connectivity index (χ4v) is 3.06. The van der Waals surface area contributed by atoms with Crippen LogP contribution in [-0.2, 0) is 23.8 Å². The van der Waals surface area contributed by atoms with Crippen LogP contribution >= 0.6 is 0 Å². The molecule has 0 saturated heterocycles. The second-order valence-electron chi connectivity index (χ2n) is 9.88. The molecule has 0 heterocycles. The van der Waals surface area contributed by atoms with Gasteiger partial charge in [0.15, 0.2) is 0 Å². The number of hydrogen-bond donors (Lipinski definition) is 3. The van der Waals surface area contributed by atoms with Crippen molar-refractivity contribution in [3.05, 3.63) is 0 Å². The molecule has 0 aliphatic rings. The van der Waals surface area contributed by atoms with Crippen LogP contribution in [0.2, 0.25) is 0 Å². The van der Waals surface area contributed by atoms with Crippen LogP contribution in [0.3, 0.4) is 0 Å². The molecule has 0 aliphatic heterocycles. The highest BCUT2D eigenvalue weighted by atomic mass is 16.5. The first-order valence-corrected chi connectivity index (χ1v) is 13.4. The largest absolute Gasteiger partial charge is 0.379 e. The summed E-state index contributed by atoms with van der Waals surface area (Å²) in [4.78, 5) is 25.9. The zero-order valence-electron chi connectivity index (χ0n) is 23.2. The van der Waals surface area contributed by atoms with Crippen molar-refractivity contribution in [3.8, 4) is 0 Å². The topological polar surface area (TPSA) is 101 Å². The zero-order valence-corrected chi connectivity index (χ0v) is 23.2. The van der Waals surface area contributed by atoms with E-state index in [2.05, 4.69) is 55.6 Å². The van der Waals surface area contributed by atoms with Gasteiger partial charge in [0, 0.05) is 44.7 Å². The smallest absolute Gasteiger partial charge is 0.220 e. The summed E-state index contributed by atoms with van der Waals surface area (Å²) in [7, 11) is 2.10. The van der Waals surface area contributed by atoms with E-state index in [0.717, 1.165) is 51.9 Å². The first-order valence-electron chi connectivity index (χ1n) is 13.4. The van der Waals surface area contributed by atoms with Crippen molar-refractivity contribution >= 4 is 11.8 Å². The number of ether oxygens (including phenoxy) is 3. The minimum Gasteiger partial charge on any atom is -0.379 e. The van der Waals surface area contributed by atoms with Crippen LogP contribution in [0.5, 0.6) is 0 Å². The number of unbranched alkanes of at least 4 members (excludes halogenated alkanes) is 1. The molecule has 0 aromatic heterocycles. The van der Waals surface area contributed by atoms with E-state index in [-0.39, 0.29) is 17.4 Å². The van der Waals surface area contributed by atoms with Gasteiger partial charge in [-0.2, -0.15) is 0 Å². The normalized spacial score (nSPS) is 11.7. The van der Waals surface area contributed by atoms with E-state index in [1.165, 1.54) is 0 Å². The van der Waals surface area contributed by atoms with Crippen molar-refractivity contribution in [3.63, 3.8) is 0 Å². The second-order valence-corrected chi connectivity index (χ2v) is 9.88. The van der Waals surface area contributed by atoms with E-state index < -0.39 is 0 Å². The van der Waals surface area contributed by atoms with Crippen molar-refractivity contribution in [2.24, 2.45) is 0 Å². The summed E-state index contributed by atoms with van der Waals surface area (Å²) in [5.41, 5.74) is 0.152. The molecule has 0 aromatic rings. The van der Waals surface area contributed by atoms with Gasteiger partial charge in [0.05, 0.1) is 26.4 Å². The molecule has 0 saturated carbocycles. The van der Waals surface area contributed by atoms with Gasteiger partial charge < -0.3 is 35.1 Å². The lowest BCUT2D eigenvalue weighted by atomic mass is 10.1. The van der Waals surface area contributed by atoms with E-state index in [0.29, 0.717) is 65.4 Å². The number of hydrogen-bond acceptors (Lipinski definition) is 7. The standard InChI is InChI=1S/C26H54N4O5/c1-6-30(5)17-8-7-14-27-24(31)12-9-13-25(32)28-15-10-18-33-20-22-35-23-21-34-19-11-16-29-26(2,3)4/h29H,6-23H2,1-5H3,(H,27,31)(H,28,32). The Morgan fingerprint density at radius 3 is 1.69 bits per heavy atom. The van der Waals surface area contributed by atoms with Crippen LogP contribution in [0.15, 0.2) is 0 Å². The molecule has 0 bridgehead atoms. The van der Waals surface area contributed by atoms with Crippen molar-refractivity contribution in [1.29, 1.82) is 0 Å². The lowest BCUT2D eigenvalue weighted by molar-refractivity contribution is -0.122. The predicted octanol–water partition coefficient (Wildman–Crippen LogP) is 2.34. The molecule has 0 unspecified atom stereocenters. The van der Waals surface area contributed by atoms with Gasteiger partial charge >= 0.3 is 0 Å². The van der Waals surface area contributed by atoms with Gasteiger partial charge in [-0.05, 0) is 79.6 Å². The summed E-state index contributed by atoms with van der Waals surface area (Å²) in [5.74, 6) is 0.00940. The Bertz CT molecular complexity index is 514. The fourth-order valence-electron chi connectivity index (χ4n) is 3.06. The molecule has 0 fully saturated rings. The average molecular weight is 503 g/mol. The number of nitrogens with one attached hydrogen (secondary N) is 3. The number of nitrogens with zero attached hydrogens (tertiary/aromatic N) is 1. The minimum absolute atomic E-state index is 0.0158. The highest BCUT2D eigenvalue weighted by Crippen LogP contribution is 1.98. The average Bonchev–Trinajstić information content (AvgIpc) is 2.80. The number of carbonyl (C=O) groups excluding carboxylic acids is 2. The maximum absolute atomic E-state index is 11.9. The molecule has 208 valence electrons. The van der Waals surface area contributed by atoms with Gasteiger partial charge in [-0.15, -0.1) is 0 Å². The highest BCUT2D eigenvalue weighted by molar-refractivity contribution is 5.78. The molecule has 35 heavy (non-hydrogen) atoms. The molecule has 0 radical (unpaired) electrons. The molecule has 3 N–H and O–H groups in total. The minimum atomic E-state index is -0.0158. The molecular formula is C26H54N4O5. The van der Waals surface area contributed by atoms with Gasteiger partial charge in [-0.1, -0.05) is 6.92 Å². The zero-order chi connectivity index (χ0) is 26.2. The first kappa shape index (κ1) is 33.7. The van der Waals surface area contributed by atoms with E-state index in [4.69, 9.17) is 14.2 Å². The van der Waals surface area contributed by atoms with Crippen LogP contribution in [0.1, 0.15) is 72.6 Å². The summed E-state index contributed by atoms with van der Waals surface area (Å²) in [5, 5.41) is 9.22. The van der Waals surface area contributed by atoms with Gasteiger partial charge in [0.25, 0.3) is 0 Å². The molecular weight excluding hydrogens is 448 g/mol. The summed E-state index contributed by atoms with van der Waals surface area (Å²) in [6.45, 7) is 16.5. The molecule has 0 rings (SSSR count). The number of carbonyl (C=O) groups is 2. The van der Waals surface area contributed by atoms with Crippen molar-refractivity contribution in [1.82, 2.24) is 20.9 Å². The van der Waals surface area contributed by atoms with E-state index in [1.54, 1.807) is 0 Å². The predicted molar refractivity (Wildman–Crippen MR) is 142 cm³/mol. The van der Waals surface area contributed by atoms with Crippen molar-refractivity contribution < 1.29 is 23.8 Å². The number of rotatable bonds is 24. The van der Waals surface area contributed by atoms with Crippen molar-refractivity contribution in [2.75, 3.05) is 79.4 Å². The summed E-state index contributed by atoms with van der Waals surface area (Å²) >= 11 is 0. The van der Waals surface area contributed by atoms with Crippen LogP contribution in [0, 0.1) is 0 Å². The summed E-state index contributed by atoms with van der Waals surface area (Å²) < 4.78 is 16.5. The monoisotopic (exact) mass is 502 g/mol. The maximum Gasteiger partial charge on any atom is 0.220 e. The third-order valence-corrected chi connectivity index (χ3v) is 5.29. The molecule has 0 aliphatic carbocycles. The Labute approximate surface area is 214 Å². The van der Waals surface area contributed by atoms with Gasteiger partial charge in [-0.3, -0.25) is 9.59 Å². The van der Waals surface area contributed by atoms with Crippen molar-refractivity contribution in [2.45, 2.75) is 78.2 Å². The quantitative estimate of drug-likeness (QED) is 0.174. The third-order valence-electron chi connectivity index (χ3n) is 5.29. The Balaban J connectivity index is 3.31. The van der Waals surface area contributed by atoms with E-state index in [9.17, 15) is 9.59 Å². The van der Waals surface area contributed by atoms with E-state index in [1.807, 2.05) is 0 Å². The Kier molecular flexibility index (Phi) is 22.3. The molecule has 0 atom stereocenters. The van der Waals surface area contributed by atoms with Gasteiger partial charge in [0.1, 0.15) is 0 Å². The lowest BCUT2D eigenvalue weighted by Crippen LogP contribution is -2.36. The molecule has 2 amide bonds. The van der Waals surface area contributed by atoms with Crippen LogP contribution in [0.4, 0.5) is 0 Å². The molecule has 9 nitrogen and oxygen atoms in total. The Morgan fingerprint density at radius 1 is 0.686 bits per heavy atom. The fraction of sp³-hybridized carbons (Fsp3) is 0.923. The summed E-state index contributed by atoms with van der Waals surface area (Å²) in [6, 6.07) is 0.